The van der Waals surface area contributed by atoms with Crippen molar-refractivity contribution in [3.63, 3.8) is 0 Å². The van der Waals surface area contributed by atoms with E-state index in [-0.39, 0.29) is 0 Å². The number of rotatable bonds is 2. The third-order valence-electron chi connectivity index (χ3n) is 1.94. The van der Waals surface area contributed by atoms with Crippen molar-refractivity contribution in [2.24, 2.45) is 5.73 Å². The van der Waals surface area contributed by atoms with Crippen molar-refractivity contribution in [2.45, 2.75) is 20.3 Å². The maximum absolute atomic E-state index is 5.73. The Hall–Kier alpha value is -1.24. The lowest BCUT2D eigenvalue weighted by Crippen LogP contribution is -1.94. The van der Waals surface area contributed by atoms with Gasteiger partial charge in [0.15, 0.2) is 0 Å². The van der Waals surface area contributed by atoms with E-state index in [1.165, 1.54) is 11.1 Å². The van der Waals surface area contributed by atoms with Crippen molar-refractivity contribution in [3.8, 4) is 0 Å². The van der Waals surface area contributed by atoms with Crippen LogP contribution in [0.25, 0.3) is 6.08 Å². The number of hydrogen-bond acceptors (Lipinski definition) is 1. The van der Waals surface area contributed by atoms with E-state index >= 15 is 0 Å². The average Bonchev–Trinajstić information content (AvgIpc) is 2.09. The number of aryl methyl sites for hydroxylation is 1. The number of allylic oxidation sites excluding steroid dienone is 1. The highest BCUT2D eigenvalue weighted by molar-refractivity contribution is 5.55. The molecule has 0 amide bonds. The minimum Gasteiger partial charge on any atom is -0.402 e. The Labute approximate surface area is 73.9 Å². The number of benzene rings is 1. The lowest BCUT2D eigenvalue weighted by molar-refractivity contribution is 1.08. The summed E-state index contributed by atoms with van der Waals surface area (Å²) >= 11 is 0. The van der Waals surface area contributed by atoms with Gasteiger partial charge in [0.25, 0.3) is 0 Å². The van der Waals surface area contributed by atoms with Gasteiger partial charge in [0, 0.05) is 5.70 Å². The zero-order valence-corrected chi connectivity index (χ0v) is 7.67. The molecule has 1 aromatic rings. The average molecular weight is 161 g/mol. The number of nitrogens with two attached hydrogens (primary N) is 1. The van der Waals surface area contributed by atoms with E-state index in [2.05, 4.69) is 26.0 Å². The van der Waals surface area contributed by atoms with Gasteiger partial charge in [0.05, 0.1) is 0 Å². The molecule has 2 N–H and O–H groups in total. The Morgan fingerprint density at radius 1 is 1.42 bits per heavy atom. The normalized spacial score (nSPS) is 11.7. The summed E-state index contributed by atoms with van der Waals surface area (Å²) in [5.41, 5.74) is 9.16. The minimum atomic E-state index is 0.911. The molecule has 0 aliphatic heterocycles. The molecule has 1 nitrogen and oxygen atoms in total. The second-order valence-corrected chi connectivity index (χ2v) is 2.93. The van der Waals surface area contributed by atoms with E-state index in [4.69, 9.17) is 5.73 Å². The summed E-state index contributed by atoms with van der Waals surface area (Å²) in [7, 11) is 0. The molecule has 0 fully saturated rings. The molecule has 0 aromatic heterocycles. The van der Waals surface area contributed by atoms with Gasteiger partial charge in [0.1, 0.15) is 0 Å². The lowest BCUT2D eigenvalue weighted by atomic mass is 10.1. The van der Waals surface area contributed by atoms with E-state index < -0.39 is 0 Å². The van der Waals surface area contributed by atoms with Crippen LogP contribution in [0.2, 0.25) is 0 Å². The van der Waals surface area contributed by atoms with Crippen LogP contribution in [-0.4, -0.2) is 0 Å². The maximum atomic E-state index is 5.73. The molecule has 0 atom stereocenters. The molecular formula is C11H15N. The highest BCUT2D eigenvalue weighted by Crippen LogP contribution is 2.10. The molecule has 1 heteroatoms. The quantitative estimate of drug-likeness (QED) is 0.709. The maximum Gasteiger partial charge on any atom is 0.00837 e. The zero-order chi connectivity index (χ0) is 8.97. The molecule has 0 unspecified atom stereocenters. The molecular weight excluding hydrogens is 146 g/mol. The van der Waals surface area contributed by atoms with Crippen LogP contribution in [0.1, 0.15) is 24.5 Å². The van der Waals surface area contributed by atoms with Crippen molar-refractivity contribution in [1.82, 2.24) is 0 Å². The second kappa shape index (κ2) is 3.96. The molecule has 0 aliphatic rings. The smallest absolute Gasteiger partial charge is 0.00837 e. The predicted octanol–water partition coefficient (Wildman–Crippen LogP) is 2.70. The summed E-state index contributed by atoms with van der Waals surface area (Å²) < 4.78 is 0. The van der Waals surface area contributed by atoms with Gasteiger partial charge in [0.2, 0.25) is 0 Å². The van der Waals surface area contributed by atoms with Gasteiger partial charge in [-0.2, -0.15) is 0 Å². The molecule has 1 aromatic carbocycles. The largest absolute Gasteiger partial charge is 0.402 e. The summed E-state index contributed by atoms with van der Waals surface area (Å²) in [6.07, 6.45) is 2.95. The second-order valence-electron chi connectivity index (χ2n) is 2.93. The summed E-state index contributed by atoms with van der Waals surface area (Å²) in [6, 6.07) is 8.24. The summed E-state index contributed by atoms with van der Waals surface area (Å²) in [5.74, 6) is 0. The van der Waals surface area contributed by atoms with E-state index in [9.17, 15) is 0 Å². The van der Waals surface area contributed by atoms with Crippen LogP contribution in [0.15, 0.2) is 30.0 Å². The minimum absolute atomic E-state index is 0.911. The van der Waals surface area contributed by atoms with E-state index in [1.807, 2.05) is 18.2 Å². The third kappa shape index (κ3) is 2.12. The van der Waals surface area contributed by atoms with Crippen LogP contribution in [0.3, 0.4) is 0 Å². The van der Waals surface area contributed by atoms with Crippen LogP contribution >= 0.6 is 0 Å². The van der Waals surface area contributed by atoms with Gasteiger partial charge in [-0.25, -0.2) is 0 Å². The van der Waals surface area contributed by atoms with Crippen LogP contribution in [-0.2, 0) is 0 Å². The van der Waals surface area contributed by atoms with Crippen molar-refractivity contribution >= 4 is 6.08 Å². The third-order valence-corrected chi connectivity index (χ3v) is 1.94. The van der Waals surface area contributed by atoms with Crippen molar-refractivity contribution < 1.29 is 0 Å². The first kappa shape index (κ1) is 8.85. The Morgan fingerprint density at radius 3 is 2.67 bits per heavy atom. The van der Waals surface area contributed by atoms with E-state index in [0.717, 1.165) is 12.1 Å². The Bertz CT molecular complexity index is 287. The summed E-state index contributed by atoms with van der Waals surface area (Å²) in [6.45, 7) is 4.15. The van der Waals surface area contributed by atoms with Crippen molar-refractivity contribution in [2.75, 3.05) is 0 Å². The van der Waals surface area contributed by atoms with Gasteiger partial charge in [-0.3, -0.25) is 0 Å². The lowest BCUT2D eigenvalue weighted by Gasteiger charge is -2.00. The molecule has 1 rings (SSSR count). The van der Waals surface area contributed by atoms with E-state index in [0.29, 0.717) is 0 Å². The molecule has 0 saturated carbocycles. The van der Waals surface area contributed by atoms with Gasteiger partial charge < -0.3 is 5.73 Å². The highest BCUT2D eigenvalue weighted by Gasteiger charge is 1.92. The number of hydrogen-bond donors (Lipinski definition) is 1. The highest BCUT2D eigenvalue weighted by atomic mass is 14.6. The first-order valence-electron chi connectivity index (χ1n) is 4.25. The fourth-order valence-corrected chi connectivity index (χ4v) is 1.05. The first-order valence-corrected chi connectivity index (χ1v) is 4.25. The van der Waals surface area contributed by atoms with Gasteiger partial charge >= 0.3 is 0 Å². The summed E-state index contributed by atoms with van der Waals surface area (Å²) in [4.78, 5) is 0. The van der Waals surface area contributed by atoms with Crippen LogP contribution < -0.4 is 5.73 Å². The fraction of sp³-hybridized carbons (Fsp3) is 0.273. The molecule has 0 saturated heterocycles. The van der Waals surface area contributed by atoms with Gasteiger partial charge in [-0.1, -0.05) is 31.2 Å². The monoisotopic (exact) mass is 161 g/mol. The van der Waals surface area contributed by atoms with Crippen LogP contribution in [0, 0.1) is 6.92 Å². The van der Waals surface area contributed by atoms with Crippen LogP contribution in [0.4, 0.5) is 0 Å². The van der Waals surface area contributed by atoms with Crippen molar-refractivity contribution in [3.05, 3.63) is 41.1 Å². The van der Waals surface area contributed by atoms with Crippen molar-refractivity contribution in [1.29, 1.82) is 0 Å². The SMILES string of the molecule is CC/C(N)=C\c1ccccc1C. The molecule has 0 heterocycles. The summed E-state index contributed by atoms with van der Waals surface area (Å²) in [5, 5.41) is 0. The predicted molar refractivity (Wildman–Crippen MR) is 53.6 cm³/mol. The first-order chi connectivity index (χ1) is 5.74. The van der Waals surface area contributed by atoms with Gasteiger partial charge in [-0.05, 0) is 30.5 Å². The van der Waals surface area contributed by atoms with Crippen LogP contribution in [0.5, 0.6) is 0 Å². The molecule has 0 spiro atoms. The standard InChI is InChI=1S/C11H15N/c1-3-11(12)8-10-7-5-4-6-9(10)2/h4-8H,3,12H2,1-2H3/b11-8+. The molecule has 0 aliphatic carbocycles. The molecule has 0 radical (unpaired) electrons. The molecule has 64 valence electrons. The Balaban J connectivity index is 2.96. The Morgan fingerprint density at radius 2 is 2.08 bits per heavy atom. The molecule has 0 bridgehead atoms. The van der Waals surface area contributed by atoms with E-state index in [1.54, 1.807) is 0 Å². The Kier molecular flexibility index (Phi) is 2.92. The topological polar surface area (TPSA) is 26.0 Å². The molecule has 12 heavy (non-hydrogen) atoms. The zero-order valence-electron chi connectivity index (χ0n) is 7.67. The van der Waals surface area contributed by atoms with Gasteiger partial charge in [-0.15, -0.1) is 0 Å². The fourth-order valence-electron chi connectivity index (χ4n) is 1.05.